The molecule has 0 bridgehead atoms. The van der Waals surface area contributed by atoms with Crippen LogP contribution in [0.2, 0.25) is 0 Å². The summed E-state index contributed by atoms with van der Waals surface area (Å²) in [6.45, 7) is 0. The van der Waals surface area contributed by atoms with Crippen molar-refractivity contribution in [2.75, 3.05) is 0 Å². The number of alkyl halides is 3. The lowest BCUT2D eigenvalue weighted by molar-refractivity contribution is -0.146. The van der Waals surface area contributed by atoms with Crippen molar-refractivity contribution in [2.24, 2.45) is 5.92 Å². The van der Waals surface area contributed by atoms with Gasteiger partial charge in [0.25, 0.3) is 5.82 Å². The summed E-state index contributed by atoms with van der Waals surface area (Å²) in [6, 6.07) is -0.141. The number of hydrogen-bond donors (Lipinski definition) is 2. The van der Waals surface area contributed by atoms with Gasteiger partial charge in [0.1, 0.15) is 0 Å². The van der Waals surface area contributed by atoms with Gasteiger partial charge >= 0.3 is 12.3 Å². The second-order valence-corrected chi connectivity index (χ2v) is 4.20. The number of nitrogens with zero attached hydrogens (tertiary/aromatic N) is 2. The van der Waals surface area contributed by atoms with Crippen LogP contribution >= 0.6 is 0 Å². The molecule has 1 saturated carbocycles. The molecule has 0 aromatic carbocycles. The summed E-state index contributed by atoms with van der Waals surface area (Å²) in [7, 11) is 0. The Labute approximate surface area is 99.2 Å². The Bertz CT molecular complexity index is 440. The predicted molar refractivity (Wildman–Crippen MR) is 50.7 cm³/mol. The highest BCUT2D eigenvalue weighted by Crippen LogP contribution is 2.31. The molecule has 1 aromatic heterocycles. The Morgan fingerprint density at radius 1 is 1.50 bits per heavy atom. The van der Waals surface area contributed by atoms with Crippen molar-refractivity contribution in [3.8, 4) is 0 Å². The zero-order valence-corrected chi connectivity index (χ0v) is 9.07. The maximum absolute atomic E-state index is 12.2. The van der Waals surface area contributed by atoms with Crippen LogP contribution in [0.1, 0.15) is 24.6 Å². The van der Waals surface area contributed by atoms with Gasteiger partial charge in [0.2, 0.25) is 5.89 Å². The van der Waals surface area contributed by atoms with Crippen molar-refractivity contribution >= 4 is 6.09 Å². The van der Waals surface area contributed by atoms with E-state index in [-0.39, 0.29) is 24.3 Å². The first kappa shape index (κ1) is 12.7. The molecule has 1 aromatic rings. The molecule has 18 heavy (non-hydrogen) atoms. The van der Waals surface area contributed by atoms with Gasteiger partial charge in [-0.1, -0.05) is 5.16 Å². The van der Waals surface area contributed by atoms with Gasteiger partial charge in [0, 0.05) is 12.5 Å². The molecule has 1 aliphatic carbocycles. The van der Waals surface area contributed by atoms with E-state index in [0.717, 1.165) is 0 Å². The molecule has 1 aliphatic rings. The topological polar surface area (TPSA) is 88.2 Å². The Kier molecular flexibility index (Phi) is 3.14. The van der Waals surface area contributed by atoms with Gasteiger partial charge in [-0.2, -0.15) is 18.2 Å². The number of hydrogen-bond acceptors (Lipinski definition) is 4. The molecule has 2 rings (SSSR count). The summed E-state index contributed by atoms with van der Waals surface area (Å²) in [5.41, 5.74) is 0. The van der Waals surface area contributed by atoms with Crippen LogP contribution in [-0.2, 0) is 12.6 Å². The van der Waals surface area contributed by atoms with E-state index in [1.54, 1.807) is 0 Å². The quantitative estimate of drug-likeness (QED) is 0.868. The van der Waals surface area contributed by atoms with E-state index in [4.69, 9.17) is 5.11 Å². The minimum atomic E-state index is -4.60. The molecule has 2 N–H and O–H groups in total. The van der Waals surface area contributed by atoms with Crippen LogP contribution in [0.5, 0.6) is 0 Å². The number of amides is 1. The van der Waals surface area contributed by atoms with E-state index in [9.17, 15) is 18.0 Å². The number of halogens is 3. The van der Waals surface area contributed by atoms with Crippen molar-refractivity contribution in [2.45, 2.75) is 31.5 Å². The smallest absolute Gasteiger partial charge is 0.455 e. The van der Waals surface area contributed by atoms with E-state index in [2.05, 4.69) is 20.0 Å². The molecule has 0 aliphatic heterocycles. The van der Waals surface area contributed by atoms with Gasteiger partial charge in [-0.15, -0.1) is 0 Å². The summed E-state index contributed by atoms with van der Waals surface area (Å²) in [6.07, 6.45) is -4.34. The monoisotopic (exact) mass is 265 g/mol. The Morgan fingerprint density at radius 3 is 2.67 bits per heavy atom. The number of rotatable bonds is 3. The average molecular weight is 265 g/mol. The molecule has 6 nitrogen and oxygen atoms in total. The molecule has 0 atom stereocenters. The lowest BCUT2D eigenvalue weighted by Gasteiger charge is -2.34. The highest BCUT2D eigenvalue weighted by atomic mass is 19.4. The molecule has 0 unspecified atom stereocenters. The minimum Gasteiger partial charge on any atom is -0.465 e. The van der Waals surface area contributed by atoms with Gasteiger partial charge < -0.3 is 14.9 Å². The first-order valence-electron chi connectivity index (χ1n) is 5.24. The largest absolute Gasteiger partial charge is 0.465 e. The molecular formula is C9H10F3N3O3. The van der Waals surface area contributed by atoms with Gasteiger partial charge in [-0.05, 0) is 18.8 Å². The van der Waals surface area contributed by atoms with Crippen LogP contribution in [0.3, 0.4) is 0 Å². The molecular weight excluding hydrogens is 255 g/mol. The highest BCUT2D eigenvalue weighted by Gasteiger charge is 2.38. The summed E-state index contributed by atoms with van der Waals surface area (Å²) in [5.74, 6) is -1.28. The standard InChI is InChI=1S/C9H10F3N3O3/c10-9(11,12)7-14-6(18-15-7)3-4-1-5(2-4)13-8(16)17/h4-5,13H,1-3H2,(H,16,17). The SMILES string of the molecule is O=C(O)NC1CC(Cc2nc(C(F)(F)F)no2)C1. The van der Waals surface area contributed by atoms with Crippen molar-refractivity contribution < 1.29 is 27.6 Å². The average Bonchev–Trinajstić information content (AvgIpc) is 2.61. The third-order valence-electron chi connectivity index (χ3n) is 2.75. The fraction of sp³-hybridized carbons (Fsp3) is 0.667. The number of carboxylic acid groups (broad SMARTS) is 1. The predicted octanol–water partition coefficient (Wildman–Crippen LogP) is 1.68. The number of carbonyl (C=O) groups is 1. The Morgan fingerprint density at radius 2 is 2.17 bits per heavy atom. The van der Waals surface area contributed by atoms with Crippen LogP contribution in [-0.4, -0.2) is 27.4 Å². The molecule has 0 spiro atoms. The van der Waals surface area contributed by atoms with E-state index in [1.807, 2.05) is 0 Å². The zero-order valence-electron chi connectivity index (χ0n) is 9.07. The van der Waals surface area contributed by atoms with Crippen LogP contribution in [0.15, 0.2) is 4.52 Å². The summed E-state index contributed by atoms with van der Waals surface area (Å²) < 4.78 is 41.0. The second-order valence-electron chi connectivity index (χ2n) is 4.20. The Hall–Kier alpha value is -1.80. The maximum atomic E-state index is 12.2. The third-order valence-corrected chi connectivity index (χ3v) is 2.75. The minimum absolute atomic E-state index is 0.0684. The lowest BCUT2D eigenvalue weighted by Crippen LogP contribution is -2.44. The molecule has 0 radical (unpaired) electrons. The fourth-order valence-corrected chi connectivity index (χ4v) is 1.89. The number of nitrogens with one attached hydrogen (secondary N) is 1. The summed E-state index contributed by atoms with van der Waals surface area (Å²) in [5, 5.41) is 13.6. The lowest BCUT2D eigenvalue weighted by atomic mass is 9.78. The highest BCUT2D eigenvalue weighted by molar-refractivity contribution is 5.65. The van der Waals surface area contributed by atoms with Crippen molar-refractivity contribution in [3.63, 3.8) is 0 Å². The first-order chi connectivity index (χ1) is 8.34. The summed E-state index contributed by atoms with van der Waals surface area (Å²) in [4.78, 5) is 13.6. The maximum Gasteiger partial charge on any atom is 0.455 e. The zero-order chi connectivity index (χ0) is 13.3. The Balaban J connectivity index is 1.82. The van der Waals surface area contributed by atoms with Crippen LogP contribution in [0, 0.1) is 5.92 Å². The fourth-order valence-electron chi connectivity index (χ4n) is 1.89. The van der Waals surface area contributed by atoms with E-state index in [1.165, 1.54) is 0 Å². The van der Waals surface area contributed by atoms with Gasteiger partial charge in [0.15, 0.2) is 0 Å². The molecule has 1 fully saturated rings. The van der Waals surface area contributed by atoms with Crippen LogP contribution in [0.25, 0.3) is 0 Å². The summed E-state index contributed by atoms with van der Waals surface area (Å²) >= 11 is 0. The van der Waals surface area contributed by atoms with Crippen LogP contribution in [0.4, 0.5) is 18.0 Å². The van der Waals surface area contributed by atoms with E-state index >= 15 is 0 Å². The third kappa shape index (κ3) is 2.90. The number of aromatic nitrogens is 2. The normalized spacial score (nSPS) is 23.5. The molecule has 1 heterocycles. The van der Waals surface area contributed by atoms with Crippen LogP contribution < -0.4 is 5.32 Å². The van der Waals surface area contributed by atoms with E-state index < -0.39 is 18.1 Å². The molecule has 9 heteroatoms. The van der Waals surface area contributed by atoms with Gasteiger partial charge in [0.05, 0.1) is 0 Å². The molecule has 0 saturated heterocycles. The first-order valence-corrected chi connectivity index (χ1v) is 5.24. The van der Waals surface area contributed by atoms with E-state index in [0.29, 0.717) is 12.8 Å². The molecule has 100 valence electrons. The molecule has 1 amide bonds. The second kappa shape index (κ2) is 4.46. The van der Waals surface area contributed by atoms with Crippen molar-refractivity contribution in [1.29, 1.82) is 0 Å². The van der Waals surface area contributed by atoms with Crippen molar-refractivity contribution in [1.82, 2.24) is 15.5 Å². The van der Waals surface area contributed by atoms with Gasteiger partial charge in [-0.3, -0.25) is 0 Å². The van der Waals surface area contributed by atoms with Crippen molar-refractivity contribution in [3.05, 3.63) is 11.7 Å². The van der Waals surface area contributed by atoms with Gasteiger partial charge in [-0.25, -0.2) is 4.79 Å².